The zero-order chi connectivity index (χ0) is 32.8. The fraction of sp³-hybridized carbons (Fsp3) is 0. The van der Waals surface area contributed by atoms with E-state index >= 15 is 0 Å². The first kappa shape index (κ1) is 27.7. The van der Waals surface area contributed by atoms with Gasteiger partial charge in [-0.05, 0) is 101 Å². The highest BCUT2D eigenvalue weighted by Crippen LogP contribution is 2.47. The van der Waals surface area contributed by atoms with Crippen LogP contribution in [0.2, 0.25) is 0 Å². The van der Waals surface area contributed by atoms with Gasteiger partial charge in [0.2, 0.25) is 0 Å². The van der Waals surface area contributed by atoms with Crippen molar-refractivity contribution >= 4 is 85.6 Å². The molecule has 11 aromatic rings. The molecule has 2 aromatic heterocycles. The summed E-state index contributed by atoms with van der Waals surface area (Å²) < 4.78 is 8.74. The van der Waals surface area contributed by atoms with Crippen LogP contribution in [0.15, 0.2) is 174 Å². The molecule has 232 valence electrons. The van der Waals surface area contributed by atoms with Gasteiger partial charge in [0, 0.05) is 31.1 Å². The maximum atomic E-state index is 6.19. The molecule has 0 radical (unpaired) electrons. The zero-order valence-electron chi connectivity index (χ0n) is 27.0. The van der Waals surface area contributed by atoms with Crippen LogP contribution in [0.25, 0.3) is 108 Å². The lowest BCUT2D eigenvalue weighted by atomic mass is 9.85. The van der Waals surface area contributed by atoms with Gasteiger partial charge in [0.05, 0.1) is 6.26 Å². The topological polar surface area (TPSA) is 13.1 Å². The monoisotopic (exact) mass is 652 g/mol. The Kier molecular flexibility index (Phi) is 5.89. The van der Waals surface area contributed by atoms with Gasteiger partial charge in [0.15, 0.2) is 0 Å². The molecule has 0 aliphatic carbocycles. The summed E-state index contributed by atoms with van der Waals surface area (Å²) in [6, 6.07) is 60.0. The van der Waals surface area contributed by atoms with Crippen LogP contribution >= 0.6 is 11.3 Å². The number of hydrogen-bond donors (Lipinski definition) is 0. The van der Waals surface area contributed by atoms with Gasteiger partial charge in [0.1, 0.15) is 5.58 Å². The zero-order valence-corrected chi connectivity index (χ0v) is 27.8. The van der Waals surface area contributed by atoms with E-state index < -0.39 is 0 Å². The third-order valence-corrected chi connectivity index (χ3v) is 11.7. The predicted octanol–water partition coefficient (Wildman–Crippen LogP) is 14.4. The smallest absolute Gasteiger partial charge is 0.135 e. The standard InChI is InChI=1S/C48H28OS/c1-3-11-31-25-33(19-17-29(31)9-1)42-28-49-43-24-23-41-36-22-21-35(27-44(36)50-48(41)47(42)43)46-39-15-7-5-13-37(39)45(38-14-6-8-16-40(38)46)34-20-18-30-10-2-4-12-32(30)26-34/h1-28H. The van der Waals surface area contributed by atoms with Gasteiger partial charge >= 0.3 is 0 Å². The molecule has 1 nitrogen and oxygen atoms in total. The maximum absolute atomic E-state index is 6.19. The molecular formula is C48H28OS. The highest BCUT2D eigenvalue weighted by Gasteiger charge is 2.19. The molecule has 0 atom stereocenters. The first-order chi connectivity index (χ1) is 24.8. The van der Waals surface area contributed by atoms with Crippen molar-refractivity contribution in [3.05, 3.63) is 170 Å². The number of hydrogen-bond acceptors (Lipinski definition) is 2. The molecule has 9 aromatic carbocycles. The summed E-state index contributed by atoms with van der Waals surface area (Å²) in [5.74, 6) is 0. The molecule has 0 aliphatic rings. The lowest BCUT2D eigenvalue weighted by Crippen LogP contribution is -1.90. The van der Waals surface area contributed by atoms with E-state index in [1.165, 1.54) is 96.5 Å². The molecule has 0 N–H and O–H groups in total. The molecule has 0 saturated heterocycles. The van der Waals surface area contributed by atoms with E-state index in [-0.39, 0.29) is 0 Å². The van der Waals surface area contributed by atoms with Crippen LogP contribution in [0.5, 0.6) is 0 Å². The molecule has 0 fully saturated rings. The highest BCUT2D eigenvalue weighted by molar-refractivity contribution is 7.26. The Hall–Kier alpha value is -6.22. The molecule has 0 aliphatic heterocycles. The van der Waals surface area contributed by atoms with E-state index in [1.54, 1.807) is 0 Å². The van der Waals surface area contributed by atoms with Crippen molar-refractivity contribution in [2.45, 2.75) is 0 Å². The van der Waals surface area contributed by atoms with Crippen LogP contribution in [0.4, 0.5) is 0 Å². The summed E-state index contributed by atoms with van der Waals surface area (Å²) in [5, 5.41) is 13.8. The minimum absolute atomic E-state index is 0.925. The molecule has 0 saturated carbocycles. The van der Waals surface area contributed by atoms with Crippen molar-refractivity contribution in [1.82, 2.24) is 0 Å². The lowest BCUT2D eigenvalue weighted by molar-refractivity contribution is 0.617. The minimum Gasteiger partial charge on any atom is -0.464 e. The first-order valence-corrected chi connectivity index (χ1v) is 17.9. The molecule has 2 heterocycles. The number of fused-ring (bicyclic) bond motifs is 9. The molecule has 0 bridgehead atoms. The van der Waals surface area contributed by atoms with Crippen LogP contribution < -0.4 is 0 Å². The second kappa shape index (κ2) is 10.6. The van der Waals surface area contributed by atoms with Gasteiger partial charge in [-0.1, -0.05) is 133 Å². The quantitative estimate of drug-likeness (QED) is 0.173. The van der Waals surface area contributed by atoms with Crippen LogP contribution in [0.3, 0.4) is 0 Å². The van der Waals surface area contributed by atoms with Crippen LogP contribution in [-0.2, 0) is 0 Å². The fourth-order valence-corrected chi connectivity index (χ4v) is 9.47. The Labute approximate surface area is 292 Å². The van der Waals surface area contributed by atoms with Crippen LogP contribution in [0, 0.1) is 0 Å². The largest absolute Gasteiger partial charge is 0.464 e. The molecule has 2 heteroatoms. The van der Waals surface area contributed by atoms with E-state index in [1.807, 2.05) is 17.6 Å². The normalized spacial score (nSPS) is 12.0. The summed E-state index contributed by atoms with van der Waals surface area (Å²) in [4.78, 5) is 0. The van der Waals surface area contributed by atoms with Gasteiger partial charge in [-0.3, -0.25) is 0 Å². The van der Waals surface area contributed by atoms with E-state index in [9.17, 15) is 0 Å². The molecule has 0 spiro atoms. The second-order valence-corrected chi connectivity index (χ2v) is 14.3. The van der Waals surface area contributed by atoms with Gasteiger partial charge in [-0.25, -0.2) is 0 Å². The summed E-state index contributed by atoms with van der Waals surface area (Å²) in [6.45, 7) is 0. The summed E-state index contributed by atoms with van der Waals surface area (Å²) in [6.07, 6.45) is 1.93. The third-order valence-electron chi connectivity index (χ3n) is 10.5. The van der Waals surface area contributed by atoms with Gasteiger partial charge in [0.25, 0.3) is 0 Å². The van der Waals surface area contributed by atoms with Gasteiger partial charge in [-0.15, -0.1) is 11.3 Å². The Morgan fingerprint density at radius 1 is 0.380 bits per heavy atom. The number of thiophene rings is 1. The minimum atomic E-state index is 0.925. The van der Waals surface area contributed by atoms with Crippen molar-refractivity contribution in [2.24, 2.45) is 0 Å². The summed E-state index contributed by atoms with van der Waals surface area (Å²) in [5.41, 5.74) is 8.30. The predicted molar refractivity (Wildman–Crippen MR) is 215 cm³/mol. The van der Waals surface area contributed by atoms with Crippen LogP contribution in [-0.4, -0.2) is 0 Å². The van der Waals surface area contributed by atoms with Crippen molar-refractivity contribution in [3.8, 4) is 33.4 Å². The molecule has 50 heavy (non-hydrogen) atoms. The van der Waals surface area contributed by atoms with E-state index in [4.69, 9.17) is 4.42 Å². The maximum Gasteiger partial charge on any atom is 0.135 e. The average molecular weight is 653 g/mol. The van der Waals surface area contributed by atoms with E-state index in [2.05, 4.69) is 164 Å². The average Bonchev–Trinajstić information content (AvgIpc) is 3.78. The molecular weight excluding hydrogens is 625 g/mol. The fourth-order valence-electron chi connectivity index (χ4n) is 8.18. The highest BCUT2D eigenvalue weighted by atomic mass is 32.1. The van der Waals surface area contributed by atoms with Crippen molar-refractivity contribution < 1.29 is 4.42 Å². The Morgan fingerprint density at radius 2 is 0.880 bits per heavy atom. The number of benzene rings is 9. The van der Waals surface area contributed by atoms with Crippen LogP contribution in [0.1, 0.15) is 0 Å². The SMILES string of the molecule is c1ccc2cc(-c3c4ccccc4c(-c4ccc5c(c4)sc4c5ccc5occ(-c6ccc7ccccc7c6)c54)c4ccccc34)ccc2c1. The van der Waals surface area contributed by atoms with E-state index in [0.717, 1.165) is 11.1 Å². The summed E-state index contributed by atoms with van der Waals surface area (Å²) in [7, 11) is 0. The number of furan rings is 1. The van der Waals surface area contributed by atoms with Crippen molar-refractivity contribution in [2.75, 3.05) is 0 Å². The Bertz CT molecular complexity index is 3100. The molecule has 0 amide bonds. The molecule has 0 unspecified atom stereocenters. The Morgan fingerprint density at radius 3 is 1.52 bits per heavy atom. The lowest BCUT2D eigenvalue weighted by Gasteiger charge is -2.18. The van der Waals surface area contributed by atoms with Gasteiger partial charge in [-0.2, -0.15) is 0 Å². The van der Waals surface area contributed by atoms with E-state index in [0.29, 0.717) is 0 Å². The molecule has 11 rings (SSSR count). The second-order valence-electron chi connectivity index (χ2n) is 13.2. The first-order valence-electron chi connectivity index (χ1n) is 17.1. The number of rotatable bonds is 3. The summed E-state index contributed by atoms with van der Waals surface area (Å²) >= 11 is 1.87. The third kappa shape index (κ3) is 4.06. The van der Waals surface area contributed by atoms with Crippen molar-refractivity contribution in [1.29, 1.82) is 0 Å². The van der Waals surface area contributed by atoms with Gasteiger partial charge < -0.3 is 4.42 Å². The van der Waals surface area contributed by atoms with Crippen molar-refractivity contribution in [3.63, 3.8) is 0 Å². The Balaban J connectivity index is 1.14.